The van der Waals surface area contributed by atoms with Crippen LogP contribution in [0.1, 0.15) is 15.6 Å². The number of pyridine rings is 1. The lowest BCUT2D eigenvalue weighted by Crippen LogP contribution is -2.08. The average molecular weight is 273 g/mol. The van der Waals surface area contributed by atoms with Crippen molar-refractivity contribution in [2.45, 2.75) is 19.6 Å². The topological polar surface area (TPSA) is 37.8 Å². The van der Waals surface area contributed by atoms with Gasteiger partial charge in [0.1, 0.15) is 5.69 Å². The molecule has 0 aliphatic carbocycles. The zero-order valence-corrected chi connectivity index (χ0v) is 10.3. The van der Waals surface area contributed by atoms with E-state index in [1.165, 1.54) is 12.3 Å². The SMILES string of the molecule is Cc1ncc(CNc2ccc(C(F)(F)F)nc2)s1. The van der Waals surface area contributed by atoms with Crippen LogP contribution in [-0.4, -0.2) is 9.97 Å². The van der Waals surface area contributed by atoms with E-state index in [4.69, 9.17) is 0 Å². The van der Waals surface area contributed by atoms with Gasteiger partial charge in [-0.3, -0.25) is 0 Å². The number of aromatic nitrogens is 2. The summed E-state index contributed by atoms with van der Waals surface area (Å²) in [5, 5.41) is 3.95. The molecule has 96 valence electrons. The molecule has 1 N–H and O–H groups in total. The number of hydrogen-bond donors (Lipinski definition) is 1. The van der Waals surface area contributed by atoms with Gasteiger partial charge in [0.25, 0.3) is 0 Å². The summed E-state index contributed by atoms with van der Waals surface area (Å²) < 4.78 is 36.9. The van der Waals surface area contributed by atoms with Crippen molar-refractivity contribution < 1.29 is 13.2 Å². The van der Waals surface area contributed by atoms with Gasteiger partial charge in [-0.1, -0.05) is 0 Å². The predicted molar refractivity (Wildman–Crippen MR) is 63.4 cm³/mol. The van der Waals surface area contributed by atoms with Crippen LogP contribution in [0.3, 0.4) is 0 Å². The summed E-state index contributed by atoms with van der Waals surface area (Å²) in [7, 11) is 0. The third kappa shape index (κ3) is 3.19. The number of hydrogen-bond acceptors (Lipinski definition) is 4. The molecule has 2 aromatic heterocycles. The predicted octanol–water partition coefficient (Wildman–Crippen LogP) is 3.48. The van der Waals surface area contributed by atoms with Crippen molar-refractivity contribution in [1.82, 2.24) is 9.97 Å². The molecule has 0 spiro atoms. The smallest absolute Gasteiger partial charge is 0.379 e. The van der Waals surface area contributed by atoms with Crippen LogP contribution in [0.2, 0.25) is 0 Å². The Bertz CT molecular complexity index is 519. The molecule has 0 aromatic carbocycles. The maximum atomic E-state index is 12.3. The Kier molecular flexibility index (Phi) is 3.51. The standard InChI is InChI=1S/C11H10F3N3S/c1-7-15-5-9(18-7)6-16-8-2-3-10(17-4-8)11(12,13)14/h2-5,16H,6H2,1H3. The van der Waals surface area contributed by atoms with Crippen molar-refractivity contribution >= 4 is 17.0 Å². The Hall–Kier alpha value is -1.63. The molecule has 0 radical (unpaired) electrons. The molecule has 2 heterocycles. The molecule has 0 aliphatic rings. The first-order valence-corrected chi connectivity index (χ1v) is 5.95. The molecule has 0 fully saturated rings. The highest BCUT2D eigenvalue weighted by Crippen LogP contribution is 2.27. The molecule has 18 heavy (non-hydrogen) atoms. The normalized spacial score (nSPS) is 11.6. The number of nitrogens with one attached hydrogen (secondary N) is 1. The van der Waals surface area contributed by atoms with Crippen LogP contribution in [0, 0.1) is 6.92 Å². The van der Waals surface area contributed by atoms with Gasteiger partial charge in [0.15, 0.2) is 0 Å². The Morgan fingerprint density at radius 3 is 2.50 bits per heavy atom. The molecule has 0 unspecified atom stereocenters. The number of anilines is 1. The highest BCUT2D eigenvalue weighted by atomic mass is 32.1. The van der Waals surface area contributed by atoms with E-state index in [9.17, 15) is 13.2 Å². The number of nitrogens with zero attached hydrogens (tertiary/aromatic N) is 2. The van der Waals surface area contributed by atoms with Gasteiger partial charge >= 0.3 is 6.18 Å². The molecular formula is C11H10F3N3S. The Morgan fingerprint density at radius 1 is 1.22 bits per heavy atom. The Morgan fingerprint density at radius 2 is 2.00 bits per heavy atom. The second-order valence-electron chi connectivity index (χ2n) is 3.63. The number of thiazole rings is 1. The Labute approximate surface area is 106 Å². The van der Waals surface area contributed by atoms with Gasteiger partial charge in [-0.15, -0.1) is 11.3 Å². The minimum Gasteiger partial charge on any atom is -0.379 e. The molecule has 0 saturated carbocycles. The summed E-state index contributed by atoms with van der Waals surface area (Å²) in [6, 6.07) is 2.32. The second kappa shape index (κ2) is 4.93. The fourth-order valence-electron chi connectivity index (χ4n) is 1.34. The van der Waals surface area contributed by atoms with Crippen molar-refractivity contribution in [3.05, 3.63) is 40.1 Å². The molecular weight excluding hydrogens is 263 g/mol. The third-order valence-corrected chi connectivity index (χ3v) is 3.10. The van der Waals surface area contributed by atoms with E-state index in [1.807, 2.05) is 6.92 Å². The van der Waals surface area contributed by atoms with Crippen LogP contribution >= 0.6 is 11.3 Å². The maximum Gasteiger partial charge on any atom is 0.433 e. The van der Waals surface area contributed by atoms with Crippen LogP contribution in [0.15, 0.2) is 24.5 Å². The summed E-state index contributed by atoms with van der Waals surface area (Å²) in [6.07, 6.45) is -1.48. The lowest BCUT2D eigenvalue weighted by atomic mass is 10.3. The number of halogens is 3. The van der Waals surface area contributed by atoms with E-state index in [2.05, 4.69) is 15.3 Å². The van der Waals surface area contributed by atoms with Gasteiger partial charge in [0.2, 0.25) is 0 Å². The molecule has 0 bridgehead atoms. The minimum absolute atomic E-state index is 0.526. The summed E-state index contributed by atoms with van der Waals surface area (Å²) in [5.74, 6) is 0. The lowest BCUT2D eigenvalue weighted by molar-refractivity contribution is -0.141. The fourth-order valence-corrected chi connectivity index (χ4v) is 2.08. The molecule has 0 aliphatic heterocycles. The largest absolute Gasteiger partial charge is 0.433 e. The van der Waals surface area contributed by atoms with Crippen LogP contribution in [0.4, 0.5) is 18.9 Å². The van der Waals surface area contributed by atoms with Crippen LogP contribution in [-0.2, 0) is 12.7 Å². The van der Waals surface area contributed by atoms with E-state index in [1.54, 1.807) is 17.5 Å². The van der Waals surface area contributed by atoms with Crippen LogP contribution in [0.5, 0.6) is 0 Å². The van der Waals surface area contributed by atoms with Crippen LogP contribution < -0.4 is 5.32 Å². The monoisotopic (exact) mass is 273 g/mol. The van der Waals surface area contributed by atoms with Crippen molar-refractivity contribution in [2.75, 3.05) is 5.32 Å². The third-order valence-electron chi connectivity index (χ3n) is 2.19. The average Bonchev–Trinajstić information content (AvgIpc) is 2.72. The molecule has 2 aromatic rings. The summed E-state index contributed by atoms with van der Waals surface area (Å²) in [6.45, 7) is 2.42. The molecule has 0 saturated heterocycles. The number of aryl methyl sites for hydroxylation is 1. The van der Waals surface area contributed by atoms with Gasteiger partial charge in [-0.2, -0.15) is 13.2 Å². The van der Waals surface area contributed by atoms with E-state index in [0.29, 0.717) is 12.2 Å². The first-order chi connectivity index (χ1) is 8.45. The molecule has 2 rings (SSSR count). The van der Waals surface area contributed by atoms with Crippen molar-refractivity contribution in [3.63, 3.8) is 0 Å². The van der Waals surface area contributed by atoms with Crippen LogP contribution in [0.25, 0.3) is 0 Å². The van der Waals surface area contributed by atoms with Gasteiger partial charge in [0, 0.05) is 11.1 Å². The van der Waals surface area contributed by atoms with Gasteiger partial charge < -0.3 is 5.32 Å². The molecule has 3 nitrogen and oxygen atoms in total. The zero-order valence-electron chi connectivity index (χ0n) is 9.45. The highest BCUT2D eigenvalue weighted by molar-refractivity contribution is 7.11. The Balaban J connectivity index is 1.98. The fraction of sp³-hybridized carbons (Fsp3) is 0.273. The molecule has 7 heteroatoms. The van der Waals surface area contributed by atoms with E-state index < -0.39 is 11.9 Å². The summed E-state index contributed by atoms with van der Waals surface area (Å²) in [5.41, 5.74) is -0.337. The van der Waals surface area contributed by atoms with Crippen molar-refractivity contribution in [2.24, 2.45) is 0 Å². The van der Waals surface area contributed by atoms with Crippen molar-refractivity contribution in [1.29, 1.82) is 0 Å². The van der Waals surface area contributed by atoms with Gasteiger partial charge in [-0.05, 0) is 19.1 Å². The first kappa shape index (κ1) is 12.8. The first-order valence-electron chi connectivity index (χ1n) is 5.13. The zero-order chi connectivity index (χ0) is 13.2. The van der Waals surface area contributed by atoms with E-state index in [0.717, 1.165) is 16.0 Å². The summed E-state index contributed by atoms with van der Waals surface area (Å²) >= 11 is 1.54. The van der Waals surface area contributed by atoms with Gasteiger partial charge in [0.05, 0.1) is 23.4 Å². The van der Waals surface area contributed by atoms with Crippen molar-refractivity contribution in [3.8, 4) is 0 Å². The minimum atomic E-state index is -4.40. The van der Waals surface area contributed by atoms with E-state index >= 15 is 0 Å². The maximum absolute atomic E-state index is 12.3. The molecule has 0 atom stereocenters. The number of alkyl halides is 3. The highest BCUT2D eigenvalue weighted by Gasteiger charge is 2.31. The summed E-state index contributed by atoms with van der Waals surface area (Å²) in [4.78, 5) is 8.48. The van der Waals surface area contributed by atoms with Gasteiger partial charge in [-0.25, -0.2) is 9.97 Å². The molecule has 0 amide bonds. The second-order valence-corrected chi connectivity index (χ2v) is 4.95. The van der Waals surface area contributed by atoms with E-state index in [-0.39, 0.29) is 0 Å². The number of rotatable bonds is 3. The lowest BCUT2D eigenvalue weighted by Gasteiger charge is -2.07. The quantitative estimate of drug-likeness (QED) is 0.930.